The lowest BCUT2D eigenvalue weighted by Gasteiger charge is -2.29. The zero-order chi connectivity index (χ0) is 29.4. The molecule has 1 aromatic carbocycles. The minimum atomic E-state index is -1.24. The van der Waals surface area contributed by atoms with Crippen molar-refractivity contribution in [3.63, 3.8) is 0 Å². The molecule has 4 atom stereocenters. The van der Waals surface area contributed by atoms with Gasteiger partial charge in [-0.15, -0.1) is 13.2 Å². The van der Waals surface area contributed by atoms with Crippen LogP contribution in [-0.2, 0) is 19.1 Å². The molecule has 1 saturated heterocycles. The van der Waals surface area contributed by atoms with Gasteiger partial charge in [-0.25, -0.2) is 14.4 Å². The molecule has 1 aliphatic heterocycles. The number of urea groups is 1. The molecule has 1 N–H and O–H groups in total. The fourth-order valence-electron chi connectivity index (χ4n) is 4.80. The molecular weight excluding hydrogens is 520 g/mol. The van der Waals surface area contributed by atoms with Crippen molar-refractivity contribution in [3.05, 3.63) is 65.3 Å². The molecule has 12 heteroatoms. The number of likely N-dealkylation sites (tertiary alicyclic amines) is 1. The summed E-state index contributed by atoms with van der Waals surface area (Å²) in [7, 11) is 1.64. The monoisotopic (exact) mass is 556 g/mol. The number of amides is 3. The summed E-state index contributed by atoms with van der Waals surface area (Å²) in [6.07, 6.45) is 5.33. The first kappa shape index (κ1) is 30.3. The number of esters is 2. The summed E-state index contributed by atoms with van der Waals surface area (Å²) in [6, 6.07) is 3.54. The molecule has 216 valence electrons. The Bertz CT molecular complexity index is 1150. The standard InChI is InChI=1S/C28H36N4O8/c1-5-8-9-10-15-30(4)27(36)31-18-22(40-25(34)19-11-13-21(14-12-19)32(37)38)16-23(31)24(33)29-28(17-20(28)6-2)26(35)39-7-3/h5-6,11-14,20,22-23H,1-2,7-10,15-18H2,3-4H3,(H,29,33)/t20-,22+,23+,28-/m1/s1. The Kier molecular flexibility index (Phi) is 10.0. The third-order valence-corrected chi connectivity index (χ3v) is 7.16. The van der Waals surface area contributed by atoms with Crippen LogP contribution in [0.4, 0.5) is 10.5 Å². The predicted octanol–water partition coefficient (Wildman–Crippen LogP) is 3.23. The van der Waals surface area contributed by atoms with Crippen molar-refractivity contribution in [1.82, 2.24) is 15.1 Å². The first-order valence-corrected chi connectivity index (χ1v) is 13.3. The van der Waals surface area contributed by atoms with Gasteiger partial charge in [0.2, 0.25) is 5.91 Å². The average Bonchev–Trinajstić information content (AvgIpc) is 3.50. The second-order valence-corrected chi connectivity index (χ2v) is 9.95. The fraction of sp³-hybridized carbons (Fsp3) is 0.500. The van der Waals surface area contributed by atoms with E-state index >= 15 is 0 Å². The number of carbonyl (C=O) groups is 4. The Morgan fingerprint density at radius 3 is 2.50 bits per heavy atom. The van der Waals surface area contributed by atoms with Gasteiger partial charge in [-0.1, -0.05) is 12.2 Å². The molecule has 2 fully saturated rings. The molecule has 1 heterocycles. The summed E-state index contributed by atoms with van der Waals surface area (Å²) in [5, 5.41) is 13.7. The lowest BCUT2D eigenvalue weighted by molar-refractivity contribution is -0.384. The van der Waals surface area contributed by atoms with E-state index in [2.05, 4.69) is 18.5 Å². The molecule has 0 unspecified atom stereocenters. The number of unbranched alkanes of at least 4 members (excludes halogenated alkanes) is 2. The van der Waals surface area contributed by atoms with Gasteiger partial charge in [0.25, 0.3) is 5.69 Å². The maximum Gasteiger partial charge on any atom is 0.338 e. The van der Waals surface area contributed by atoms with E-state index in [1.165, 1.54) is 34.1 Å². The van der Waals surface area contributed by atoms with Crippen LogP contribution >= 0.6 is 0 Å². The van der Waals surface area contributed by atoms with Gasteiger partial charge in [-0.05, 0) is 44.7 Å². The van der Waals surface area contributed by atoms with Crippen LogP contribution in [0.5, 0.6) is 0 Å². The van der Waals surface area contributed by atoms with Gasteiger partial charge in [0.1, 0.15) is 17.7 Å². The van der Waals surface area contributed by atoms with E-state index in [-0.39, 0.29) is 36.7 Å². The van der Waals surface area contributed by atoms with Crippen molar-refractivity contribution < 1.29 is 33.6 Å². The van der Waals surface area contributed by atoms with E-state index in [1.54, 1.807) is 26.1 Å². The van der Waals surface area contributed by atoms with Gasteiger partial charge in [0, 0.05) is 38.1 Å². The highest BCUT2D eigenvalue weighted by Crippen LogP contribution is 2.45. The molecule has 0 bridgehead atoms. The van der Waals surface area contributed by atoms with Crippen LogP contribution in [0.3, 0.4) is 0 Å². The lowest BCUT2D eigenvalue weighted by atomic mass is 10.1. The summed E-state index contributed by atoms with van der Waals surface area (Å²) >= 11 is 0. The molecular formula is C28H36N4O8. The molecule has 1 aliphatic carbocycles. The van der Waals surface area contributed by atoms with E-state index < -0.39 is 46.5 Å². The molecule has 0 aromatic heterocycles. The van der Waals surface area contributed by atoms with Crippen LogP contribution in [0, 0.1) is 16.0 Å². The van der Waals surface area contributed by atoms with Crippen LogP contribution in [0.1, 0.15) is 49.4 Å². The second kappa shape index (κ2) is 13.2. The van der Waals surface area contributed by atoms with Crippen molar-refractivity contribution in [2.24, 2.45) is 5.92 Å². The number of nitro groups is 1. The summed E-state index contributed by atoms with van der Waals surface area (Å²) < 4.78 is 10.8. The van der Waals surface area contributed by atoms with E-state index in [0.717, 1.165) is 19.3 Å². The topological polar surface area (TPSA) is 148 Å². The fourth-order valence-corrected chi connectivity index (χ4v) is 4.80. The summed E-state index contributed by atoms with van der Waals surface area (Å²) in [4.78, 5) is 65.6. The third kappa shape index (κ3) is 6.85. The number of benzene rings is 1. The van der Waals surface area contributed by atoms with Crippen molar-refractivity contribution in [3.8, 4) is 0 Å². The normalized spacial score (nSPS) is 23.1. The van der Waals surface area contributed by atoms with Crippen molar-refractivity contribution in [2.75, 3.05) is 26.7 Å². The number of nitrogens with one attached hydrogen (secondary N) is 1. The van der Waals surface area contributed by atoms with Gasteiger partial charge in [-0.3, -0.25) is 14.9 Å². The Labute approximate surface area is 233 Å². The largest absolute Gasteiger partial charge is 0.464 e. The summed E-state index contributed by atoms with van der Waals surface area (Å²) in [5.74, 6) is -2.16. The highest BCUT2D eigenvalue weighted by Gasteiger charge is 2.62. The average molecular weight is 557 g/mol. The number of nitro benzene ring substituents is 1. The quantitative estimate of drug-likeness (QED) is 0.128. The number of hydrogen-bond acceptors (Lipinski definition) is 8. The van der Waals surface area contributed by atoms with Gasteiger partial charge in [0.05, 0.1) is 23.6 Å². The van der Waals surface area contributed by atoms with Gasteiger partial charge < -0.3 is 24.6 Å². The van der Waals surface area contributed by atoms with Crippen LogP contribution in [-0.4, -0.2) is 83.0 Å². The molecule has 3 amide bonds. The van der Waals surface area contributed by atoms with Crippen molar-refractivity contribution in [2.45, 2.75) is 56.7 Å². The molecule has 1 aromatic rings. The second-order valence-electron chi connectivity index (χ2n) is 9.95. The predicted molar refractivity (Wildman–Crippen MR) is 145 cm³/mol. The molecule has 0 spiro atoms. The van der Waals surface area contributed by atoms with E-state index in [9.17, 15) is 29.3 Å². The van der Waals surface area contributed by atoms with E-state index in [4.69, 9.17) is 9.47 Å². The maximum absolute atomic E-state index is 13.5. The van der Waals surface area contributed by atoms with Crippen molar-refractivity contribution >= 4 is 29.6 Å². The zero-order valence-electron chi connectivity index (χ0n) is 22.9. The highest BCUT2D eigenvalue weighted by molar-refractivity contribution is 5.95. The number of rotatable bonds is 13. The highest BCUT2D eigenvalue weighted by atomic mass is 16.6. The van der Waals surface area contributed by atoms with Crippen molar-refractivity contribution in [1.29, 1.82) is 0 Å². The van der Waals surface area contributed by atoms with Gasteiger partial charge in [0.15, 0.2) is 0 Å². The van der Waals surface area contributed by atoms with Gasteiger partial charge in [-0.2, -0.15) is 0 Å². The minimum Gasteiger partial charge on any atom is -0.464 e. The molecule has 40 heavy (non-hydrogen) atoms. The number of ether oxygens (including phenoxy) is 2. The van der Waals surface area contributed by atoms with Crippen LogP contribution in [0.25, 0.3) is 0 Å². The first-order chi connectivity index (χ1) is 19.1. The molecule has 12 nitrogen and oxygen atoms in total. The molecule has 1 saturated carbocycles. The van der Waals surface area contributed by atoms with E-state index in [0.29, 0.717) is 13.0 Å². The number of hydrogen-bond donors (Lipinski definition) is 1. The number of non-ortho nitro benzene ring substituents is 1. The summed E-state index contributed by atoms with van der Waals surface area (Å²) in [5.41, 5.74) is -1.31. The number of allylic oxidation sites excluding steroid dienone is 1. The zero-order valence-corrected chi connectivity index (χ0v) is 22.9. The smallest absolute Gasteiger partial charge is 0.338 e. The molecule has 3 rings (SSSR count). The SMILES string of the molecule is C=CCCCCN(C)C(=O)N1C[C@@H](OC(=O)c2ccc([N+](=O)[O-])cc2)C[C@H]1C(=O)N[C@]1(C(=O)OCC)C[C@H]1C=C. The third-order valence-electron chi connectivity index (χ3n) is 7.16. The maximum atomic E-state index is 13.5. The Balaban J connectivity index is 1.76. The van der Waals surface area contributed by atoms with Crippen LogP contribution < -0.4 is 5.32 Å². The molecule has 2 aliphatic rings. The summed E-state index contributed by atoms with van der Waals surface area (Å²) in [6.45, 7) is 9.66. The first-order valence-electron chi connectivity index (χ1n) is 13.3. The van der Waals surface area contributed by atoms with Crippen LogP contribution in [0.2, 0.25) is 0 Å². The van der Waals surface area contributed by atoms with E-state index in [1.807, 2.05) is 0 Å². The number of nitrogens with zero attached hydrogens (tertiary/aromatic N) is 3. The Morgan fingerprint density at radius 1 is 1.23 bits per heavy atom. The molecule has 0 radical (unpaired) electrons. The van der Waals surface area contributed by atoms with Gasteiger partial charge >= 0.3 is 18.0 Å². The Morgan fingerprint density at radius 2 is 1.93 bits per heavy atom. The Hall–Kier alpha value is -4.22. The number of carbonyl (C=O) groups excluding carboxylic acids is 4. The lowest BCUT2D eigenvalue weighted by Crippen LogP contribution is -2.55. The minimum absolute atomic E-state index is 0.0122. The van der Waals surface area contributed by atoms with Crippen LogP contribution in [0.15, 0.2) is 49.6 Å².